The van der Waals surface area contributed by atoms with Gasteiger partial charge in [-0.05, 0) is 49.0 Å². The van der Waals surface area contributed by atoms with Crippen LogP contribution in [0.4, 0.5) is 0 Å². The number of nitrogens with zero attached hydrogens (tertiary/aromatic N) is 3. The van der Waals surface area contributed by atoms with Crippen LogP contribution >= 0.6 is 0 Å². The summed E-state index contributed by atoms with van der Waals surface area (Å²) in [5.41, 5.74) is 4.30. The maximum absolute atomic E-state index is 11.9. The monoisotopic (exact) mass is 346 g/mol. The summed E-state index contributed by atoms with van der Waals surface area (Å²) in [6, 6.07) is 6.22. The van der Waals surface area contributed by atoms with E-state index in [4.69, 9.17) is 0 Å². The molecule has 1 aliphatic rings. The summed E-state index contributed by atoms with van der Waals surface area (Å²) >= 11 is 0. The molecule has 5 heteroatoms. The van der Waals surface area contributed by atoms with Crippen LogP contribution < -0.4 is 0 Å². The summed E-state index contributed by atoms with van der Waals surface area (Å²) in [7, 11) is 0. The van der Waals surface area contributed by atoms with Crippen LogP contribution in [0.15, 0.2) is 55.6 Å². The van der Waals surface area contributed by atoms with Gasteiger partial charge in [0.25, 0.3) is 0 Å². The molecule has 132 valence electrons. The Kier molecular flexibility index (Phi) is 4.52. The minimum Gasteiger partial charge on any atom is -0.346 e. The van der Waals surface area contributed by atoms with Gasteiger partial charge in [0.05, 0.1) is 0 Å². The van der Waals surface area contributed by atoms with E-state index in [1.54, 1.807) is 6.20 Å². The molecule has 1 N–H and O–H groups in total. The van der Waals surface area contributed by atoms with Gasteiger partial charge >= 0.3 is 0 Å². The third-order valence-electron chi connectivity index (χ3n) is 5.09. The molecule has 4 heterocycles. The van der Waals surface area contributed by atoms with E-state index in [1.807, 2.05) is 29.6 Å². The van der Waals surface area contributed by atoms with Gasteiger partial charge in [-0.1, -0.05) is 12.6 Å². The number of hydrogen-bond donors (Lipinski definition) is 1. The van der Waals surface area contributed by atoms with E-state index < -0.39 is 0 Å². The lowest BCUT2D eigenvalue weighted by atomic mass is 9.91. The number of likely N-dealkylation sites (tertiary alicyclic amines) is 1. The molecule has 26 heavy (non-hydrogen) atoms. The zero-order valence-corrected chi connectivity index (χ0v) is 14.7. The Hall–Kier alpha value is -2.95. The van der Waals surface area contributed by atoms with Gasteiger partial charge in [0, 0.05) is 54.4 Å². The maximum Gasteiger partial charge on any atom is 0.245 e. The van der Waals surface area contributed by atoms with Gasteiger partial charge in [-0.25, -0.2) is 4.98 Å². The van der Waals surface area contributed by atoms with E-state index in [1.165, 1.54) is 11.6 Å². The number of carbonyl (C=O) groups excluding carboxylic acids is 1. The number of amides is 1. The average molecular weight is 346 g/mol. The fraction of sp³-hybridized carbons (Fsp3) is 0.286. The van der Waals surface area contributed by atoms with Gasteiger partial charge in [0.15, 0.2) is 0 Å². The van der Waals surface area contributed by atoms with Crippen LogP contribution in [0, 0.1) is 5.92 Å². The van der Waals surface area contributed by atoms with Crippen molar-refractivity contribution in [1.29, 1.82) is 0 Å². The summed E-state index contributed by atoms with van der Waals surface area (Å²) in [4.78, 5) is 25.9. The standard InChI is InChI=1S/C21H22N4O/c1-2-20(26)25-8-4-5-15(14-25)9-16-10-18-19(13-24-21(18)23-11-16)17-6-3-7-22-12-17/h2-3,6-7,10-13,15H,1,4-5,8-9,14H2,(H,23,24). The van der Waals surface area contributed by atoms with Crippen LogP contribution in [0.25, 0.3) is 22.2 Å². The molecule has 0 aliphatic carbocycles. The highest BCUT2D eigenvalue weighted by molar-refractivity contribution is 5.93. The van der Waals surface area contributed by atoms with Crippen molar-refractivity contribution in [3.8, 4) is 11.1 Å². The number of nitrogens with one attached hydrogen (secondary N) is 1. The Morgan fingerprint density at radius 1 is 1.42 bits per heavy atom. The molecule has 1 saturated heterocycles. The van der Waals surface area contributed by atoms with Gasteiger partial charge in [-0.2, -0.15) is 0 Å². The summed E-state index contributed by atoms with van der Waals surface area (Å²) in [6.07, 6.45) is 12.1. The zero-order chi connectivity index (χ0) is 17.9. The molecule has 0 spiro atoms. The molecule has 4 rings (SSSR count). The maximum atomic E-state index is 11.9. The second-order valence-electron chi connectivity index (χ2n) is 6.88. The van der Waals surface area contributed by atoms with Gasteiger partial charge in [0.2, 0.25) is 5.91 Å². The third kappa shape index (κ3) is 3.25. The molecule has 1 fully saturated rings. The topological polar surface area (TPSA) is 61.9 Å². The van der Waals surface area contributed by atoms with Crippen LogP contribution in [0.3, 0.4) is 0 Å². The van der Waals surface area contributed by atoms with Crippen LogP contribution in [0.1, 0.15) is 18.4 Å². The van der Waals surface area contributed by atoms with Crippen molar-refractivity contribution < 1.29 is 4.79 Å². The molecule has 0 saturated carbocycles. The van der Waals surface area contributed by atoms with Crippen LogP contribution in [-0.4, -0.2) is 38.8 Å². The molecule has 3 aromatic rings. The Bertz CT molecular complexity index is 932. The zero-order valence-electron chi connectivity index (χ0n) is 14.7. The fourth-order valence-electron chi connectivity index (χ4n) is 3.81. The van der Waals surface area contributed by atoms with E-state index in [9.17, 15) is 4.79 Å². The first kappa shape index (κ1) is 16.5. The number of aromatic amines is 1. The van der Waals surface area contributed by atoms with Crippen LogP contribution in [0.5, 0.6) is 0 Å². The van der Waals surface area contributed by atoms with Crippen molar-refractivity contribution >= 4 is 16.9 Å². The predicted octanol–water partition coefficient (Wildman–Crippen LogP) is 3.59. The minimum absolute atomic E-state index is 0.0350. The molecule has 1 unspecified atom stereocenters. The highest BCUT2D eigenvalue weighted by Gasteiger charge is 2.22. The van der Waals surface area contributed by atoms with Gasteiger partial charge in [0.1, 0.15) is 5.65 Å². The normalized spacial score (nSPS) is 17.4. The molecule has 0 aromatic carbocycles. The van der Waals surface area contributed by atoms with Crippen molar-refractivity contribution in [3.63, 3.8) is 0 Å². The molecule has 3 aromatic heterocycles. The quantitative estimate of drug-likeness (QED) is 0.734. The summed E-state index contributed by atoms with van der Waals surface area (Å²) in [5, 5.41) is 1.12. The highest BCUT2D eigenvalue weighted by Crippen LogP contribution is 2.29. The lowest BCUT2D eigenvalue weighted by Gasteiger charge is -2.32. The number of carbonyl (C=O) groups is 1. The first-order chi connectivity index (χ1) is 12.7. The summed E-state index contributed by atoms with van der Waals surface area (Å²) in [6.45, 7) is 5.23. The first-order valence-electron chi connectivity index (χ1n) is 9.02. The van der Waals surface area contributed by atoms with Gasteiger partial charge in [-0.3, -0.25) is 9.78 Å². The largest absolute Gasteiger partial charge is 0.346 e. The molecule has 0 bridgehead atoms. The highest BCUT2D eigenvalue weighted by atomic mass is 16.2. The van der Waals surface area contributed by atoms with Gasteiger partial charge in [-0.15, -0.1) is 0 Å². The predicted molar refractivity (Wildman–Crippen MR) is 103 cm³/mol. The number of pyridine rings is 2. The van der Waals surface area contributed by atoms with Crippen molar-refractivity contribution in [3.05, 3.63) is 61.2 Å². The molecule has 1 atom stereocenters. The van der Waals surface area contributed by atoms with E-state index in [0.717, 1.165) is 54.5 Å². The molecular formula is C21H22N4O. The smallest absolute Gasteiger partial charge is 0.245 e. The third-order valence-corrected chi connectivity index (χ3v) is 5.09. The van der Waals surface area contributed by atoms with Crippen LogP contribution in [-0.2, 0) is 11.2 Å². The Labute approximate surface area is 152 Å². The molecule has 1 amide bonds. The lowest BCUT2D eigenvalue weighted by molar-refractivity contribution is -0.127. The van der Waals surface area contributed by atoms with Crippen molar-refractivity contribution in [2.75, 3.05) is 13.1 Å². The lowest BCUT2D eigenvalue weighted by Crippen LogP contribution is -2.39. The number of hydrogen-bond acceptors (Lipinski definition) is 3. The number of aromatic nitrogens is 3. The fourth-order valence-corrected chi connectivity index (χ4v) is 3.81. The number of piperidine rings is 1. The van der Waals surface area contributed by atoms with Gasteiger partial charge < -0.3 is 9.88 Å². The second kappa shape index (κ2) is 7.12. The molecule has 0 radical (unpaired) electrons. The number of rotatable bonds is 4. The summed E-state index contributed by atoms with van der Waals surface area (Å²) < 4.78 is 0. The van der Waals surface area contributed by atoms with E-state index in [2.05, 4.69) is 33.7 Å². The van der Waals surface area contributed by atoms with Crippen molar-refractivity contribution in [2.24, 2.45) is 5.92 Å². The molecular weight excluding hydrogens is 324 g/mol. The minimum atomic E-state index is 0.0350. The number of H-pyrrole nitrogens is 1. The summed E-state index contributed by atoms with van der Waals surface area (Å²) in [5.74, 6) is 0.500. The SMILES string of the molecule is C=CC(=O)N1CCCC(Cc2cnc3[nH]cc(-c4cccnc4)c3c2)C1. The Balaban J connectivity index is 1.58. The van der Waals surface area contributed by atoms with E-state index in [-0.39, 0.29) is 5.91 Å². The Morgan fingerprint density at radius 2 is 2.35 bits per heavy atom. The van der Waals surface area contributed by atoms with E-state index in [0.29, 0.717) is 5.92 Å². The van der Waals surface area contributed by atoms with Crippen LogP contribution in [0.2, 0.25) is 0 Å². The van der Waals surface area contributed by atoms with Crippen molar-refractivity contribution in [2.45, 2.75) is 19.3 Å². The average Bonchev–Trinajstić information content (AvgIpc) is 3.11. The first-order valence-corrected chi connectivity index (χ1v) is 9.02. The Morgan fingerprint density at radius 3 is 3.15 bits per heavy atom. The second-order valence-corrected chi connectivity index (χ2v) is 6.88. The molecule has 1 aliphatic heterocycles. The molecule has 5 nitrogen and oxygen atoms in total. The van der Waals surface area contributed by atoms with E-state index >= 15 is 0 Å². The number of fused-ring (bicyclic) bond motifs is 1. The van der Waals surface area contributed by atoms with Crippen molar-refractivity contribution in [1.82, 2.24) is 19.9 Å².